The minimum Gasteiger partial charge on any atom is -0.313 e. The zero-order valence-electron chi connectivity index (χ0n) is 10.4. The van der Waals surface area contributed by atoms with E-state index in [1.165, 1.54) is 15.4 Å². The molecule has 0 aliphatic rings. The van der Waals surface area contributed by atoms with Crippen molar-refractivity contribution in [3.63, 3.8) is 0 Å². The van der Waals surface area contributed by atoms with Gasteiger partial charge in [-0.1, -0.05) is 0 Å². The Hall–Kier alpha value is -1.26. The first-order valence-corrected chi connectivity index (χ1v) is 6.52. The van der Waals surface area contributed by atoms with E-state index >= 15 is 0 Å². The van der Waals surface area contributed by atoms with Gasteiger partial charge in [0.1, 0.15) is 0 Å². The van der Waals surface area contributed by atoms with Crippen LogP contribution in [0.3, 0.4) is 0 Å². The van der Waals surface area contributed by atoms with Crippen LogP contribution in [0, 0.1) is 13.8 Å². The molecule has 0 aliphatic heterocycles. The van der Waals surface area contributed by atoms with E-state index in [4.69, 9.17) is 0 Å². The first-order chi connectivity index (χ1) is 8.20. The van der Waals surface area contributed by atoms with E-state index in [9.17, 15) is 0 Å². The summed E-state index contributed by atoms with van der Waals surface area (Å²) in [5.74, 6) is 0. The zero-order chi connectivity index (χ0) is 12.3. The number of aromatic nitrogens is 2. The number of pyridine rings is 1. The van der Waals surface area contributed by atoms with Crippen LogP contribution in [0.15, 0.2) is 24.5 Å². The summed E-state index contributed by atoms with van der Waals surface area (Å²) in [5, 5.41) is 4.53. The van der Waals surface area contributed by atoms with Crippen molar-refractivity contribution in [3.8, 4) is 0 Å². The van der Waals surface area contributed by atoms with Gasteiger partial charge in [-0.25, -0.2) is 4.98 Å². The van der Waals surface area contributed by atoms with Gasteiger partial charge in [0, 0.05) is 29.7 Å². The molecule has 0 aliphatic carbocycles. The summed E-state index contributed by atoms with van der Waals surface area (Å²) in [6, 6.07) is 4.41. The molecular formula is C13H17N3S. The van der Waals surface area contributed by atoms with Crippen molar-refractivity contribution >= 4 is 11.3 Å². The first kappa shape index (κ1) is 12.2. The number of aryl methyl sites for hydroxylation is 2. The molecule has 0 amide bonds. The quantitative estimate of drug-likeness (QED) is 0.902. The summed E-state index contributed by atoms with van der Waals surface area (Å²) < 4.78 is 0. The normalized spacial score (nSPS) is 12.6. The van der Waals surface area contributed by atoms with Crippen LogP contribution in [-0.2, 0) is 6.42 Å². The van der Waals surface area contributed by atoms with Gasteiger partial charge in [0.25, 0.3) is 0 Å². The summed E-state index contributed by atoms with van der Waals surface area (Å²) in [6.07, 6.45) is 4.59. The summed E-state index contributed by atoms with van der Waals surface area (Å²) in [4.78, 5) is 9.94. The highest BCUT2D eigenvalue weighted by Gasteiger charge is 2.13. The second-order valence-electron chi connectivity index (χ2n) is 4.08. The van der Waals surface area contributed by atoms with Crippen molar-refractivity contribution < 1.29 is 0 Å². The van der Waals surface area contributed by atoms with Crippen molar-refractivity contribution in [1.29, 1.82) is 0 Å². The van der Waals surface area contributed by atoms with Gasteiger partial charge in [-0.05, 0) is 38.6 Å². The highest BCUT2D eigenvalue weighted by atomic mass is 32.1. The van der Waals surface area contributed by atoms with Gasteiger partial charge in [-0.15, -0.1) is 11.3 Å². The lowest BCUT2D eigenvalue weighted by molar-refractivity contribution is 0.589. The van der Waals surface area contributed by atoms with Crippen LogP contribution in [0.2, 0.25) is 0 Å². The van der Waals surface area contributed by atoms with Crippen molar-refractivity contribution in [3.05, 3.63) is 45.7 Å². The number of likely N-dealkylation sites (N-methyl/N-ethyl adjacent to an activating group) is 1. The molecule has 1 unspecified atom stereocenters. The smallest absolute Gasteiger partial charge is 0.0949 e. The molecule has 0 saturated heterocycles. The van der Waals surface area contributed by atoms with Crippen molar-refractivity contribution in [2.45, 2.75) is 26.3 Å². The maximum atomic E-state index is 4.59. The van der Waals surface area contributed by atoms with E-state index in [0.717, 1.165) is 12.1 Å². The number of nitrogens with one attached hydrogen (secondary N) is 1. The van der Waals surface area contributed by atoms with E-state index in [1.807, 2.05) is 19.4 Å². The number of nitrogens with zero attached hydrogens (tertiary/aromatic N) is 2. The molecule has 90 valence electrons. The SMILES string of the molecule is CNC(Cc1nc(C)c(C)s1)c1ccncc1. The molecule has 0 fully saturated rings. The van der Waals surface area contributed by atoms with Gasteiger partial charge in [-0.3, -0.25) is 4.98 Å². The summed E-state index contributed by atoms with van der Waals surface area (Å²) in [7, 11) is 1.98. The highest BCUT2D eigenvalue weighted by molar-refractivity contribution is 7.11. The molecule has 0 saturated carbocycles. The van der Waals surface area contributed by atoms with E-state index in [2.05, 4.69) is 41.3 Å². The Morgan fingerprint density at radius 1 is 1.29 bits per heavy atom. The average molecular weight is 247 g/mol. The Bertz CT molecular complexity index is 459. The third-order valence-corrected chi connectivity index (χ3v) is 4.00. The standard InChI is InChI=1S/C13H17N3S/c1-9-10(2)17-13(16-9)8-12(14-3)11-4-6-15-7-5-11/h4-7,12,14H,8H2,1-3H3. The number of thiazole rings is 1. The second kappa shape index (κ2) is 5.38. The maximum Gasteiger partial charge on any atom is 0.0949 e. The van der Waals surface area contributed by atoms with Crippen molar-refractivity contribution in [1.82, 2.24) is 15.3 Å². The summed E-state index contributed by atoms with van der Waals surface area (Å²) in [6.45, 7) is 4.19. The lowest BCUT2D eigenvalue weighted by Crippen LogP contribution is -2.18. The van der Waals surface area contributed by atoms with Gasteiger partial charge < -0.3 is 5.32 Å². The van der Waals surface area contributed by atoms with E-state index in [1.54, 1.807) is 11.3 Å². The van der Waals surface area contributed by atoms with Crippen LogP contribution in [-0.4, -0.2) is 17.0 Å². The lowest BCUT2D eigenvalue weighted by atomic mass is 10.1. The third kappa shape index (κ3) is 2.90. The molecule has 3 nitrogen and oxygen atoms in total. The fraction of sp³-hybridized carbons (Fsp3) is 0.385. The Balaban J connectivity index is 2.15. The minimum atomic E-state index is 0.308. The van der Waals surface area contributed by atoms with E-state index in [-0.39, 0.29) is 0 Å². The number of hydrogen-bond donors (Lipinski definition) is 1. The van der Waals surface area contributed by atoms with Crippen LogP contribution in [0.25, 0.3) is 0 Å². The van der Waals surface area contributed by atoms with Crippen molar-refractivity contribution in [2.24, 2.45) is 0 Å². The van der Waals surface area contributed by atoms with Gasteiger partial charge in [0.15, 0.2) is 0 Å². The van der Waals surface area contributed by atoms with Crippen LogP contribution >= 0.6 is 11.3 Å². The fourth-order valence-electron chi connectivity index (χ4n) is 1.78. The van der Waals surface area contributed by atoms with Crippen LogP contribution < -0.4 is 5.32 Å². The Kier molecular flexibility index (Phi) is 3.86. The van der Waals surface area contributed by atoms with Gasteiger partial charge in [0.2, 0.25) is 0 Å². The number of hydrogen-bond acceptors (Lipinski definition) is 4. The molecular weight excluding hydrogens is 230 g/mol. The monoisotopic (exact) mass is 247 g/mol. The highest BCUT2D eigenvalue weighted by Crippen LogP contribution is 2.22. The predicted octanol–water partition coefficient (Wildman–Crippen LogP) is 2.66. The van der Waals surface area contributed by atoms with Crippen LogP contribution in [0.1, 0.15) is 27.2 Å². The van der Waals surface area contributed by atoms with Gasteiger partial charge >= 0.3 is 0 Å². The van der Waals surface area contributed by atoms with Crippen LogP contribution in [0.5, 0.6) is 0 Å². The van der Waals surface area contributed by atoms with Gasteiger partial charge in [-0.2, -0.15) is 0 Å². The van der Waals surface area contributed by atoms with E-state index < -0.39 is 0 Å². The maximum absolute atomic E-state index is 4.59. The summed E-state index contributed by atoms with van der Waals surface area (Å²) in [5.41, 5.74) is 2.41. The zero-order valence-corrected chi connectivity index (χ0v) is 11.2. The Morgan fingerprint density at radius 2 is 2.00 bits per heavy atom. The minimum absolute atomic E-state index is 0.308. The third-order valence-electron chi connectivity index (χ3n) is 2.91. The second-order valence-corrected chi connectivity index (χ2v) is 5.36. The predicted molar refractivity (Wildman–Crippen MR) is 71.3 cm³/mol. The fourth-order valence-corrected chi connectivity index (χ4v) is 2.76. The topological polar surface area (TPSA) is 37.8 Å². The van der Waals surface area contributed by atoms with Crippen molar-refractivity contribution in [2.75, 3.05) is 7.05 Å². The molecule has 2 aromatic rings. The number of rotatable bonds is 4. The Morgan fingerprint density at radius 3 is 2.53 bits per heavy atom. The largest absolute Gasteiger partial charge is 0.313 e. The molecule has 0 bridgehead atoms. The molecule has 0 radical (unpaired) electrons. The molecule has 2 heterocycles. The molecule has 2 rings (SSSR count). The molecule has 0 spiro atoms. The molecule has 1 atom stereocenters. The van der Waals surface area contributed by atoms with E-state index in [0.29, 0.717) is 6.04 Å². The lowest BCUT2D eigenvalue weighted by Gasteiger charge is -2.14. The van der Waals surface area contributed by atoms with Crippen LogP contribution in [0.4, 0.5) is 0 Å². The molecule has 4 heteroatoms. The summed E-state index contributed by atoms with van der Waals surface area (Å²) >= 11 is 1.79. The first-order valence-electron chi connectivity index (χ1n) is 5.71. The molecule has 17 heavy (non-hydrogen) atoms. The Labute approximate surface area is 106 Å². The van der Waals surface area contributed by atoms with Gasteiger partial charge in [0.05, 0.1) is 10.7 Å². The molecule has 0 aromatic carbocycles. The average Bonchev–Trinajstić information content (AvgIpc) is 2.67. The molecule has 1 N–H and O–H groups in total. The molecule has 2 aromatic heterocycles.